The van der Waals surface area contributed by atoms with E-state index in [2.05, 4.69) is 29.6 Å². The van der Waals surface area contributed by atoms with Crippen molar-refractivity contribution in [2.45, 2.75) is 50.5 Å². The van der Waals surface area contributed by atoms with E-state index in [4.69, 9.17) is 0 Å². The number of hydrogen-bond acceptors (Lipinski definition) is 1. The smallest absolute Gasteiger partial charge is 0.00673 e. The average molecular weight is 215 g/mol. The highest BCUT2D eigenvalue weighted by Crippen LogP contribution is 2.34. The lowest BCUT2D eigenvalue weighted by Crippen LogP contribution is -2.37. The maximum atomic E-state index is 3.76. The summed E-state index contributed by atoms with van der Waals surface area (Å²) in [4.78, 5) is 0. The van der Waals surface area contributed by atoms with Crippen LogP contribution in [0, 0.1) is 0 Å². The van der Waals surface area contributed by atoms with Gasteiger partial charge in [0.05, 0.1) is 0 Å². The lowest BCUT2D eigenvalue weighted by Gasteiger charge is -2.32. The van der Waals surface area contributed by atoms with Gasteiger partial charge in [0.2, 0.25) is 0 Å². The standard InChI is InChI=1S/C15H21N/c1-2-7-14(8-3-1)16-11-13-10-12-6-4-5-9-15(12)13/h4-6,9,13-14,16H,1-3,7-8,10-11H2. The predicted molar refractivity (Wildman–Crippen MR) is 67.8 cm³/mol. The maximum absolute atomic E-state index is 3.76. The van der Waals surface area contributed by atoms with Crippen molar-refractivity contribution >= 4 is 0 Å². The second-order valence-electron chi connectivity index (χ2n) is 5.34. The minimum Gasteiger partial charge on any atom is -0.313 e. The highest BCUT2D eigenvalue weighted by molar-refractivity contribution is 5.40. The van der Waals surface area contributed by atoms with E-state index < -0.39 is 0 Å². The topological polar surface area (TPSA) is 12.0 Å². The third-order valence-corrected chi connectivity index (χ3v) is 4.22. The minimum atomic E-state index is 0.790. The van der Waals surface area contributed by atoms with E-state index in [-0.39, 0.29) is 0 Å². The second kappa shape index (κ2) is 4.58. The monoisotopic (exact) mass is 215 g/mol. The molecule has 1 saturated carbocycles. The molecule has 0 radical (unpaired) electrons. The quantitative estimate of drug-likeness (QED) is 0.816. The van der Waals surface area contributed by atoms with Crippen molar-refractivity contribution in [3.63, 3.8) is 0 Å². The van der Waals surface area contributed by atoms with Crippen LogP contribution >= 0.6 is 0 Å². The van der Waals surface area contributed by atoms with Crippen LogP contribution in [0.2, 0.25) is 0 Å². The average Bonchev–Trinajstić information content (AvgIpc) is 2.32. The van der Waals surface area contributed by atoms with Gasteiger partial charge in [0.25, 0.3) is 0 Å². The zero-order valence-electron chi connectivity index (χ0n) is 9.91. The van der Waals surface area contributed by atoms with Gasteiger partial charge in [0.15, 0.2) is 0 Å². The molecule has 0 aliphatic heterocycles. The summed E-state index contributed by atoms with van der Waals surface area (Å²) in [6, 6.07) is 9.70. The van der Waals surface area contributed by atoms with Gasteiger partial charge in [-0.15, -0.1) is 0 Å². The zero-order chi connectivity index (χ0) is 10.8. The molecular weight excluding hydrogens is 194 g/mol. The lowest BCUT2D eigenvalue weighted by atomic mass is 9.77. The minimum absolute atomic E-state index is 0.790. The molecule has 1 heteroatoms. The fraction of sp³-hybridized carbons (Fsp3) is 0.600. The van der Waals surface area contributed by atoms with Crippen LogP contribution in [0.5, 0.6) is 0 Å². The van der Waals surface area contributed by atoms with Gasteiger partial charge in [-0.05, 0) is 30.4 Å². The molecule has 1 N–H and O–H groups in total. The van der Waals surface area contributed by atoms with Crippen LogP contribution in [-0.2, 0) is 6.42 Å². The van der Waals surface area contributed by atoms with Gasteiger partial charge in [-0.2, -0.15) is 0 Å². The Bertz CT molecular complexity index is 352. The number of rotatable bonds is 3. The Balaban J connectivity index is 1.50. The fourth-order valence-electron chi connectivity index (χ4n) is 3.16. The van der Waals surface area contributed by atoms with Crippen molar-refractivity contribution in [1.82, 2.24) is 5.32 Å². The third kappa shape index (κ3) is 2.01. The highest BCUT2D eigenvalue weighted by Gasteiger charge is 2.25. The maximum Gasteiger partial charge on any atom is 0.00673 e. The molecule has 0 heterocycles. The molecule has 0 aromatic heterocycles. The summed E-state index contributed by atoms with van der Waals surface area (Å²) in [6.07, 6.45) is 8.39. The van der Waals surface area contributed by atoms with E-state index in [1.54, 1.807) is 11.1 Å². The largest absolute Gasteiger partial charge is 0.313 e. The second-order valence-corrected chi connectivity index (χ2v) is 5.34. The van der Waals surface area contributed by atoms with Crippen LogP contribution in [0.15, 0.2) is 24.3 Å². The highest BCUT2D eigenvalue weighted by atomic mass is 14.9. The first-order valence-corrected chi connectivity index (χ1v) is 6.74. The predicted octanol–water partition coefficient (Wildman–Crippen LogP) is 3.25. The Hall–Kier alpha value is -0.820. The van der Waals surface area contributed by atoms with Crippen molar-refractivity contribution in [2.75, 3.05) is 6.54 Å². The molecule has 86 valence electrons. The van der Waals surface area contributed by atoms with Gasteiger partial charge in [0, 0.05) is 18.5 Å². The Kier molecular flexibility index (Phi) is 2.96. The first-order chi connectivity index (χ1) is 7.93. The zero-order valence-corrected chi connectivity index (χ0v) is 9.91. The molecule has 2 aliphatic rings. The Morgan fingerprint density at radius 1 is 1.06 bits per heavy atom. The molecule has 0 spiro atoms. The molecule has 1 nitrogen and oxygen atoms in total. The molecule has 3 rings (SSSR count). The van der Waals surface area contributed by atoms with Crippen LogP contribution in [-0.4, -0.2) is 12.6 Å². The number of benzene rings is 1. The summed E-state index contributed by atoms with van der Waals surface area (Å²) in [5.74, 6) is 0.790. The van der Waals surface area contributed by atoms with E-state index >= 15 is 0 Å². The van der Waals surface area contributed by atoms with Crippen molar-refractivity contribution < 1.29 is 0 Å². The summed E-state index contributed by atoms with van der Waals surface area (Å²) < 4.78 is 0. The van der Waals surface area contributed by atoms with Crippen molar-refractivity contribution in [3.05, 3.63) is 35.4 Å². The van der Waals surface area contributed by atoms with Gasteiger partial charge >= 0.3 is 0 Å². The van der Waals surface area contributed by atoms with E-state index in [9.17, 15) is 0 Å². The van der Waals surface area contributed by atoms with E-state index in [0.29, 0.717) is 0 Å². The first-order valence-electron chi connectivity index (χ1n) is 6.74. The Morgan fingerprint density at radius 3 is 2.69 bits per heavy atom. The molecule has 0 bridgehead atoms. The van der Waals surface area contributed by atoms with Crippen LogP contribution in [0.1, 0.15) is 49.1 Å². The number of hydrogen-bond donors (Lipinski definition) is 1. The summed E-state index contributed by atoms with van der Waals surface area (Å²) >= 11 is 0. The fourth-order valence-corrected chi connectivity index (χ4v) is 3.16. The molecule has 16 heavy (non-hydrogen) atoms. The molecule has 1 unspecified atom stereocenters. The van der Waals surface area contributed by atoms with Gasteiger partial charge in [-0.1, -0.05) is 43.5 Å². The summed E-state index contributed by atoms with van der Waals surface area (Å²) in [5, 5.41) is 3.76. The third-order valence-electron chi connectivity index (χ3n) is 4.22. The molecule has 1 fully saturated rings. The van der Waals surface area contributed by atoms with Gasteiger partial charge in [-0.3, -0.25) is 0 Å². The van der Waals surface area contributed by atoms with Crippen molar-refractivity contribution in [2.24, 2.45) is 0 Å². The molecule has 0 saturated heterocycles. The van der Waals surface area contributed by atoms with Crippen LogP contribution < -0.4 is 5.32 Å². The van der Waals surface area contributed by atoms with Gasteiger partial charge < -0.3 is 5.32 Å². The molecule has 0 amide bonds. The van der Waals surface area contributed by atoms with E-state index in [1.807, 2.05) is 0 Å². The van der Waals surface area contributed by atoms with Crippen LogP contribution in [0.4, 0.5) is 0 Å². The van der Waals surface area contributed by atoms with E-state index in [1.165, 1.54) is 45.1 Å². The normalized spacial score (nSPS) is 24.9. The van der Waals surface area contributed by atoms with Gasteiger partial charge in [0.1, 0.15) is 0 Å². The van der Waals surface area contributed by atoms with Crippen molar-refractivity contribution in [3.8, 4) is 0 Å². The molecule has 2 aliphatic carbocycles. The molecular formula is C15H21N. The van der Waals surface area contributed by atoms with Crippen LogP contribution in [0.3, 0.4) is 0 Å². The van der Waals surface area contributed by atoms with Crippen molar-refractivity contribution in [1.29, 1.82) is 0 Å². The number of nitrogens with one attached hydrogen (secondary N) is 1. The summed E-state index contributed by atoms with van der Waals surface area (Å²) in [7, 11) is 0. The SMILES string of the molecule is c1ccc2c(c1)CC2CNC1CCCCC1. The lowest BCUT2D eigenvalue weighted by molar-refractivity contribution is 0.359. The summed E-state index contributed by atoms with van der Waals surface area (Å²) in [5.41, 5.74) is 3.16. The molecule has 1 aromatic carbocycles. The number of fused-ring (bicyclic) bond motifs is 1. The Labute approximate surface area is 98.3 Å². The van der Waals surface area contributed by atoms with Crippen LogP contribution in [0.25, 0.3) is 0 Å². The summed E-state index contributed by atoms with van der Waals surface area (Å²) in [6.45, 7) is 1.20. The van der Waals surface area contributed by atoms with E-state index in [0.717, 1.165) is 12.0 Å². The molecule has 1 atom stereocenters. The van der Waals surface area contributed by atoms with Gasteiger partial charge in [-0.25, -0.2) is 0 Å². The Morgan fingerprint density at radius 2 is 1.88 bits per heavy atom. The molecule has 1 aromatic rings. The first kappa shape index (κ1) is 10.3.